The van der Waals surface area contributed by atoms with E-state index in [1.54, 1.807) is 6.07 Å². The number of hydrogen-bond acceptors (Lipinski definition) is 0. The molecular weight excluding hydrogens is 362 g/mol. The molecule has 0 aromatic heterocycles. The van der Waals surface area contributed by atoms with Gasteiger partial charge in [0.05, 0.1) is 0 Å². The third-order valence-electron chi connectivity index (χ3n) is 7.48. The zero-order chi connectivity index (χ0) is 20.5. The molecule has 2 fully saturated rings. The molecule has 0 radical (unpaired) electrons. The summed E-state index contributed by atoms with van der Waals surface area (Å²) in [6.45, 7) is 2.29. The molecule has 0 amide bonds. The van der Waals surface area contributed by atoms with Crippen LogP contribution in [0.1, 0.15) is 96.0 Å². The van der Waals surface area contributed by atoms with Crippen LogP contribution in [0.2, 0.25) is 0 Å². The van der Waals surface area contributed by atoms with Crippen molar-refractivity contribution in [2.24, 2.45) is 23.7 Å². The number of halogens is 2. The van der Waals surface area contributed by atoms with Crippen LogP contribution in [-0.4, -0.2) is 0 Å². The van der Waals surface area contributed by atoms with Crippen molar-refractivity contribution in [1.29, 1.82) is 0 Å². The zero-order valence-electron chi connectivity index (χ0n) is 18.4. The molecule has 0 saturated heterocycles. The lowest BCUT2D eigenvalue weighted by atomic mass is 9.77. The highest BCUT2D eigenvalue weighted by Crippen LogP contribution is 2.35. The van der Waals surface area contributed by atoms with Crippen LogP contribution in [0.15, 0.2) is 30.4 Å². The topological polar surface area (TPSA) is 0 Å². The predicted octanol–water partition coefficient (Wildman–Crippen LogP) is 8.65. The van der Waals surface area contributed by atoms with Gasteiger partial charge in [0, 0.05) is 0 Å². The maximum atomic E-state index is 13.3. The van der Waals surface area contributed by atoms with Gasteiger partial charge >= 0.3 is 0 Å². The summed E-state index contributed by atoms with van der Waals surface area (Å²) in [7, 11) is 0. The van der Waals surface area contributed by atoms with Crippen LogP contribution >= 0.6 is 0 Å². The number of unbranched alkanes of at least 4 members (excludes halogenated alkanes) is 2. The monoisotopic (exact) mass is 402 g/mol. The Kier molecular flexibility index (Phi) is 9.21. The summed E-state index contributed by atoms with van der Waals surface area (Å²) in [5, 5.41) is 0. The summed E-state index contributed by atoms with van der Waals surface area (Å²) in [6, 6.07) is 4.35. The van der Waals surface area contributed by atoms with Gasteiger partial charge in [-0.25, -0.2) is 8.78 Å². The Morgan fingerprint density at radius 1 is 0.759 bits per heavy atom. The van der Waals surface area contributed by atoms with Gasteiger partial charge in [-0.15, -0.1) is 0 Å². The molecule has 1 aromatic rings. The van der Waals surface area contributed by atoms with Crippen molar-refractivity contribution in [3.05, 3.63) is 47.5 Å². The highest BCUT2D eigenvalue weighted by molar-refractivity contribution is 5.17. The van der Waals surface area contributed by atoms with Crippen LogP contribution < -0.4 is 0 Å². The largest absolute Gasteiger partial charge is 0.204 e. The minimum atomic E-state index is -0.744. The summed E-state index contributed by atoms with van der Waals surface area (Å²) in [5.74, 6) is 1.86. The van der Waals surface area contributed by atoms with E-state index < -0.39 is 11.6 Å². The molecular formula is C27H40F2. The molecule has 2 heteroatoms. The maximum absolute atomic E-state index is 13.3. The van der Waals surface area contributed by atoms with Crippen molar-refractivity contribution in [1.82, 2.24) is 0 Å². The molecule has 2 saturated carbocycles. The third kappa shape index (κ3) is 7.54. The van der Waals surface area contributed by atoms with Gasteiger partial charge in [0.1, 0.15) is 0 Å². The minimum Gasteiger partial charge on any atom is -0.204 e. The molecule has 29 heavy (non-hydrogen) atoms. The average Bonchev–Trinajstić information content (AvgIpc) is 2.75. The number of aryl methyl sites for hydroxylation is 1. The lowest BCUT2D eigenvalue weighted by Crippen LogP contribution is -2.15. The van der Waals surface area contributed by atoms with Crippen LogP contribution in [-0.2, 0) is 6.42 Å². The predicted molar refractivity (Wildman–Crippen MR) is 119 cm³/mol. The van der Waals surface area contributed by atoms with Gasteiger partial charge in [0.15, 0.2) is 11.6 Å². The van der Waals surface area contributed by atoms with E-state index in [9.17, 15) is 8.78 Å². The third-order valence-corrected chi connectivity index (χ3v) is 7.48. The van der Waals surface area contributed by atoms with E-state index >= 15 is 0 Å². The molecule has 0 N–H and O–H groups in total. The van der Waals surface area contributed by atoms with Gasteiger partial charge < -0.3 is 0 Å². The SMILES string of the molecule is CCCCCC1CCC(C=CC2CCC(CCc3ccc(F)c(F)c3)CC2)CC1. The van der Waals surface area contributed by atoms with Crippen LogP contribution in [0.25, 0.3) is 0 Å². The first-order valence-corrected chi connectivity index (χ1v) is 12.3. The summed E-state index contributed by atoms with van der Waals surface area (Å²) in [4.78, 5) is 0. The quantitative estimate of drug-likeness (QED) is 0.286. The average molecular weight is 403 g/mol. The summed E-state index contributed by atoms with van der Waals surface area (Å²) in [6.07, 6.45) is 23.5. The molecule has 3 rings (SSSR count). The van der Waals surface area contributed by atoms with Crippen LogP contribution in [0.4, 0.5) is 8.78 Å². The molecule has 1 aromatic carbocycles. The zero-order valence-corrected chi connectivity index (χ0v) is 18.4. The lowest BCUT2D eigenvalue weighted by molar-refractivity contribution is 0.282. The minimum absolute atomic E-state index is 0.716. The van der Waals surface area contributed by atoms with E-state index in [4.69, 9.17) is 0 Å². The Labute approximate surface area is 177 Å². The smallest absolute Gasteiger partial charge is 0.159 e. The van der Waals surface area contributed by atoms with E-state index in [1.807, 2.05) is 0 Å². The number of benzene rings is 1. The fourth-order valence-corrected chi connectivity index (χ4v) is 5.40. The number of hydrogen-bond donors (Lipinski definition) is 0. The first kappa shape index (κ1) is 22.5. The van der Waals surface area contributed by atoms with E-state index in [0.717, 1.165) is 42.1 Å². The molecule has 0 spiro atoms. The van der Waals surface area contributed by atoms with Crippen molar-refractivity contribution in [3.8, 4) is 0 Å². The molecule has 0 nitrogen and oxygen atoms in total. The first-order chi connectivity index (χ1) is 14.1. The van der Waals surface area contributed by atoms with E-state index in [-0.39, 0.29) is 0 Å². The normalized spacial score (nSPS) is 28.1. The van der Waals surface area contributed by atoms with Gasteiger partial charge in [0.25, 0.3) is 0 Å². The van der Waals surface area contributed by atoms with Crippen molar-refractivity contribution in [3.63, 3.8) is 0 Å². The summed E-state index contributed by atoms with van der Waals surface area (Å²) < 4.78 is 26.4. The van der Waals surface area contributed by atoms with Gasteiger partial charge in [0.2, 0.25) is 0 Å². The van der Waals surface area contributed by atoms with Crippen molar-refractivity contribution < 1.29 is 8.78 Å². The molecule has 0 heterocycles. The van der Waals surface area contributed by atoms with Crippen molar-refractivity contribution in [2.75, 3.05) is 0 Å². The molecule has 0 unspecified atom stereocenters. The molecule has 0 atom stereocenters. The lowest BCUT2D eigenvalue weighted by Gasteiger charge is -2.29. The number of allylic oxidation sites excluding steroid dienone is 2. The van der Waals surface area contributed by atoms with Gasteiger partial charge in [-0.3, -0.25) is 0 Å². The fraction of sp³-hybridized carbons (Fsp3) is 0.704. The Morgan fingerprint density at radius 3 is 1.90 bits per heavy atom. The highest BCUT2D eigenvalue weighted by Gasteiger charge is 2.22. The Balaban J connectivity index is 1.31. The van der Waals surface area contributed by atoms with Gasteiger partial charge in [-0.05, 0) is 106 Å². The van der Waals surface area contributed by atoms with E-state index in [0.29, 0.717) is 0 Å². The van der Waals surface area contributed by atoms with Gasteiger partial charge in [-0.2, -0.15) is 0 Å². The Hall–Kier alpha value is -1.18. The molecule has 2 aliphatic carbocycles. The second-order valence-electron chi connectivity index (χ2n) is 9.73. The highest BCUT2D eigenvalue weighted by atomic mass is 19.2. The summed E-state index contributed by atoms with van der Waals surface area (Å²) >= 11 is 0. The van der Waals surface area contributed by atoms with Gasteiger partial charge in [-0.1, -0.05) is 50.8 Å². The van der Waals surface area contributed by atoms with Crippen molar-refractivity contribution >= 4 is 0 Å². The van der Waals surface area contributed by atoms with E-state index in [1.165, 1.54) is 89.2 Å². The van der Waals surface area contributed by atoms with Crippen LogP contribution in [0, 0.1) is 35.3 Å². The van der Waals surface area contributed by atoms with Crippen LogP contribution in [0.5, 0.6) is 0 Å². The molecule has 0 aliphatic heterocycles. The second kappa shape index (κ2) is 11.9. The standard InChI is InChI=1S/C27H40F2/c1-2-3-4-5-21-6-8-22(9-7-21)10-11-23-12-14-24(15-13-23)16-17-25-18-19-26(28)27(29)20-25/h10-11,18-24H,2-9,12-17H2,1H3. The fourth-order valence-electron chi connectivity index (χ4n) is 5.40. The Morgan fingerprint density at radius 2 is 1.34 bits per heavy atom. The van der Waals surface area contributed by atoms with Crippen LogP contribution in [0.3, 0.4) is 0 Å². The molecule has 162 valence electrons. The number of rotatable bonds is 9. The molecule has 0 bridgehead atoms. The Bertz CT molecular complexity index is 619. The first-order valence-electron chi connectivity index (χ1n) is 12.3. The maximum Gasteiger partial charge on any atom is 0.159 e. The van der Waals surface area contributed by atoms with E-state index in [2.05, 4.69) is 19.1 Å². The van der Waals surface area contributed by atoms with Crippen molar-refractivity contribution in [2.45, 2.75) is 96.8 Å². The summed E-state index contributed by atoms with van der Waals surface area (Å²) in [5.41, 5.74) is 0.927. The molecule has 2 aliphatic rings. The second-order valence-corrected chi connectivity index (χ2v) is 9.73.